The summed E-state index contributed by atoms with van der Waals surface area (Å²) in [5.74, 6) is 0. The maximum Gasteiger partial charge on any atom is 0.170 e. The molecule has 0 fully saturated rings. The molecule has 0 atom stereocenters. The highest BCUT2D eigenvalue weighted by molar-refractivity contribution is 5.71. The first-order valence-electron chi connectivity index (χ1n) is 4.23. The second-order valence-electron chi connectivity index (χ2n) is 2.81. The lowest BCUT2D eigenvalue weighted by molar-refractivity contribution is 0.111. The maximum absolute atomic E-state index is 10.4. The Morgan fingerprint density at radius 3 is 2.36 bits per heavy atom. The van der Waals surface area contributed by atoms with Gasteiger partial charge in [-0.2, -0.15) is 0 Å². The lowest BCUT2D eigenvalue weighted by atomic mass is 10.2. The zero-order valence-corrected chi connectivity index (χ0v) is 7.42. The fourth-order valence-electron chi connectivity index (χ4n) is 1.16. The van der Waals surface area contributed by atoms with E-state index in [0.29, 0.717) is 12.0 Å². The number of benzene rings is 1. The molecule has 1 aromatic carbocycles. The van der Waals surface area contributed by atoms with Gasteiger partial charge >= 0.3 is 0 Å². The summed E-state index contributed by atoms with van der Waals surface area (Å²) in [5, 5.41) is 0. The van der Waals surface area contributed by atoms with Crippen LogP contribution in [0.4, 0.5) is 0 Å². The van der Waals surface area contributed by atoms with Crippen molar-refractivity contribution >= 4 is 6.29 Å². The lowest BCUT2D eigenvalue weighted by Crippen LogP contribution is -1.90. The van der Waals surface area contributed by atoms with E-state index < -0.39 is 0 Å². The average molecular weight is 184 g/mol. The first-order valence-corrected chi connectivity index (χ1v) is 4.23. The Morgan fingerprint density at radius 1 is 1.00 bits per heavy atom. The van der Waals surface area contributed by atoms with Gasteiger partial charge in [-0.1, -0.05) is 30.3 Å². The monoisotopic (exact) mass is 184 g/mol. The smallest absolute Gasteiger partial charge is 0.170 e. The van der Waals surface area contributed by atoms with Gasteiger partial charge in [-0.05, 0) is 0 Å². The van der Waals surface area contributed by atoms with Crippen molar-refractivity contribution in [1.82, 2.24) is 9.97 Å². The average Bonchev–Trinajstić information content (AvgIpc) is 2.30. The van der Waals surface area contributed by atoms with E-state index in [0.717, 1.165) is 11.3 Å². The van der Waals surface area contributed by atoms with E-state index in [-0.39, 0.29) is 0 Å². The van der Waals surface area contributed by atoms with Crippen molar-refractivity contribution in [2.75, 3.05) is 0 Å². The van der Waals surface area contributed by atoms with Crippen LogP contribution in [0.2, 0.25) is 0 Å². The van der Waals surface area contributed by atoms with Crippen LogP contribution in [0.1, 0.15) is 10.5 Å². The van der Waals surface area contributed by atoms with Crippen LogP contribution in [0.15, 0.2) is 42.7 Å². The highest BCUT2D eigenvalue weighted by Gasteiger charge is 1.98. The van der Waals surface area contributed by atoms with E-state index in [9.17, 15) is 4.79 Å². The predicted octanol–water partition coefficient (Wildman–Crippen LogP) is 1.96. The van der Waals surface area contributed by atoms with Crippen LogP contribution in [0.25, 0.3) is 11.3 Å². The molecule has 0 saturated carbocycles. The van der Waals surface area contributed by atoms with Crippen LogP contribution in [0, 0.1) is 0 Å². The zero-order valence-electron chi connectivity index (χ0n) is 7.42. The molecule has 2 rings (SSSR count). The molecule has 0 radical (unpaired) electrons. The number of carbonyl (C=O) groups is 1. The Balaban J connectivity index is 2.39. The van der Waals surface area contributed by atoms with Crippen LogP contribution in [0.3, 0.4) is 0 Å². The molecule has 2 aromatic rings. The quantitative estimate of drug-likeness (QED) is 0.670. The van der Waals surface area contributed by atoms with E-state index in [1.165, 1.54) is 6.20 Å². The van der Waals surface area contributed by atoms with Gasteiger partial charge in [0.25, 0.3) is 0 Å². The molecule has 0 aliphatic carbocycles. The first-order chi connectivity index (χ1) is 6.90. The van der Waals surface area contributed by atoms with Gasteiger partial charge in [0.05, 0.1) is 18.1 Å². The fourth-order valence-corrected chi connectivity index (χ4v) is 1.16. The predicted molar refractivity (Wildman–Crippen MR) is 52.9 cm³/mol. The molecule has 0 aliphatic heterocycles. The number of hydrogen-bond donors (Lipinski definition) is 0. The number of aldehydes is 1. The van der Waals surface area contributed by atoms with E-state index in [4.69, 9.17) is 0 Å². The van der Waals surface area contributed by atoms with Crippen molar-refractivity contribution in [2.45, 2.75) is 0 Å². The van der Waals surface area contributed by atoms with Gasteiger partial charge in [-0.15, -0.1) is 0 Å². The third kappa shape index (κ3) is 1.66. The topological polar surface area (TPSA) is 42.9 Å². The Bertz CT molecular complexity index is 423. The van der Waals surface area contributed by atoms with Gasteiger partial charge < -0.3 is 0 Å². The third-order valence-electron chi connectivity index (χ3n) is 1.86. The van der Waals surface area contributed by atoms with Crippen LogP contribution in [0.5, 0.6) is 0 Å². The molecule has 1 aromatic heterocycles. The van der Waals surface area contributed by atoms with Crippen molar-refractivity contribution in [3.05, 3.63) is 48.4 Å². The van der Waals surface area contributed by atoms with Gasteiger partial charge in [0, 0.05) is 5.56 Å². The molecule has 68 valence electrons. The molecule has 14 heavy (non-hydrogen) atoms. The second kappa shape index (κ2) is 3.79. The third-order valence-corrected chi connectivity index (χ3v) is 1.86. The van der Waals surface area contributed by atoms with E-state index in [1.54, 1.807) is 6.20 Å². The van der Waals surface area contributed by atoms with Gasteiger partial charge in [-0.25, -0.2) is 4.98 Å². The molecule has 0 N–H and O–H groups in total. The van der Waals surface area contributed by atoms with E-state index in [1.807, 2.05) is 30.3 Å². The second-order valence-corrected chi connectivity index (χ2v) is 2.81. The summed E-state index contributed by atoms with van der Waals surface area (Å²) in [4.78, 5) is 18.4. The highest BCUT2D eigenvalue weighted by atomic mass is 16.1. The summed E-state index contributed by atoms with van der Waals surface area (Å²) >= 11 is 0. The number of carbonyl (C=O) groups excluding carboxylic acids is 1. The Hall–Kier alpha value is -2.03. The largest absolute Gasteiger partial charge is 0.296 e. The van der Waals surface area contributed by atoms with Crippen molar-refractivity contribution in [1.29, 1.82) is 0 Å². The number of rotatable bonds is 2. The Labute approximate surface area is 81.5 Å². The van der Waals surface area contributed by atoms with Gasteiger partial charge in [0.15, 0.2) is 6.29 Å². The van der Waals surface area contributed by atoms with Crippen molar-refractivity contribution in [2.24, 2.45) is 0 Å². The zero-order chi connectivity index (χ0) is 9.80. The van der Waals surface area contributed by atoms with Gasteiger partial charge in [-0.3, -0.25) is 9.78 Å². The number of aromatic nitrogens is 2. The minimum atomic E-state index is 0.352. The van der Waals surface area contributed by atoms with Crippen LogP contribution in [-0.2, 0) is 0 Å². The molecule has 3 nitrogen and oxygen atoms in total. The van der Waals surface area contributed by atoms with Crippen LogP contribution in [-0.4, -0.2) is 16.3 Å². The van der Waals surface area contributed by atoms with Crippen molar-refractivity contribution < 1.29 is 4.79 Å². The van der Waals surface area contributed by atoms with Gasteiger partial charge in [0.2, 0.25) is 0 Å². The molecule has 0 saturated heterocycles. The highest BCUT2D eigenvalue weighted by Crippen LogP contribution is 2.13. The summed E-state index contributed by atoms with van der Waals surface area (Å²) in [5.41, 5.74) is 2.12. The molecule has 1 heterocycles. The minimum Gasteiger partial charge on any atom is -0.296 e. The number of hydrogen-bond acceptors (Lipinski definition) is 3. The molecule has 3 heteroatoms. The summed E-state index contributed by atoms with van der Waals surface area (Å²) in [6, 6.07) is 9.71. The van der Waals surface area contributed by atoms with Crippen LogP contribution >= 0.6 is 0 Å². The summed E-state index contributed by atoms with van der Waals surface area (Å²) in [6.45, 7) is 0. The van der Waals surface area contributed by atoms with Gasteiger partial charge in [0.1, 0.15) is 5.69 Å². The molecule has 0 bridgehead atoms. The number of nitrogens with zero attached hydrogens (tertiary/aromatic N) is 2. The molecule has 0 amide bonds. The standard InChI is InChI=1S/C11H8N2O/c14-8-10-6-13-11(7-12-10)9-4-2-1-3-5-9/h1-8H. The molecule has 0 spiro atoms. The van der Waals surface area contributed by atoms with Crippen molar-refractivity contribution in [3.63, 3.8) is 0 Å². The minimum absolute atomic E-state index is 0.352. The SMILES string of the molecule is O=Cc1cnc(-c2ccccc2)cn1. The first kappa shape index (κ1) is 8.56. The Kier molecular flexibility index (Phi) is 2.32. The Morgan fingerprint density at radius 2 is 1.79 bits per heavy atom. The summed E-state index contributed by atoms with van der Waals surface area (Å²) in [7, 11) is 0. The summed E-state index contributed by atoms with van der Waals surface area (Å²) < 4.78 is 0. The molecular formula is C11H8N2O. The molecular weight excluding hydrogens is 176 g/mol. The summed E-state index contributed by atoms with van der Waals surface area (Å²) in [6.07, 6.45) is 3.75. The lowest BCUT2D eigenvalue weighted by Gasteiger charge is -1.98. The maximum atomic E-state index is 10.4. The van der Waals surface area contributed by atoms with E-state index in [2.05, 4.69) is 9.97 Å². The molecule has 0 aliphatic rings. The fraction of sp³-hybridized carbons (Fsp3) is 0. The normalized spacial score (nSPS) is 9.71. The molecule has 0 unspecified atom stereocenters. The van der Waals surface area contributed by atoms with Crippen molar-refractivity contribution in [3.8, 4) is 11.3 Å². The van der Waals surface area contributed by atoms with E-state index >= 15 is 0 Å². The van der Waals surface area contributed by atoms with Crippen LogP contribution < -0.4 is 0 Å².